The highest BCUT2D eigenvalue weighted by atomic mass is 79.9. The largest absolute Gasteiger partial charge is 0.311 e. The van der Waals surface area contributed by atoms with Gasteiger partial charge in [0.05, 0.1) is 15.9 Å². The molecule has 1 aromatic rings. The van der Waals surface area contributed by atoms with Crippen molar-refractivity contribution in [1.29, 1.82) is 0 Å². The molecule has 0 aliphatic heterocycles. The number of hydrogen-bond acceptors (Lipinski definition) is 2. The van der Waals surface area contributed by atoms with Gasteiger partial charge in [0.25, 0.3) is 0 Å². The second-order valence-corrected chi connectivity index (χ2v) is 6.92. The fraction of sp³-hybridized carbons (Fsp3) is 0.786. The van der Waals surface area contributed by atoms with Crippen LogP contribution in [0.5, 0.6) is 0 Å². The number of aryl methyl sites for hydroxylation is 2. The molecule has 0 fully saturated rings. The summed E-state index contributed by atoms with van der Waals surface area (Å²) in [5.74, 6) is 0.747. The van der Waals surface area contributed by atoms with Crippen LogP contribution in [0, 0.1) is 5.41 Å². The smallest absolute Gasteiger partial charge is 0.0767 e. The minimum absolute atomic E-state index is 0.285. The molecule has 0 spiro atoms. The number of rotatable bonds is 8. The lowest BCUT2D eigenvalue weighted by Gasteiger charge is -2.24. The molecule has 0 aliphatic carbocycles. The van der Waals surface area contributed by atoms with Crippen molar-refractivity contribution in [3.63, 3.8) is 0 Å². The third-order valence-electron chi connectivity index (χ3n) is 3.39. The number of nitrogens with one attached hydrogen (secondary N) is 1. The van der Waals surface area contributed by atoms with Gasteiger partial charge in [-0.15, -0.1) is 11.6 Å². The molecule has 0 radical (unpaired) electrons. The van der Waals surface area contributed by atoms with E-state index in [-0.39, 0.29) is 5.41 Å². The molecule has 0 saturated heterocycles. The van der Waals surface area contributed by atoms with Crippen LogP contribution < -0.4 is 5.32 Å². The lowest BCUT2D eigenvalue weighted by atomic mass is 9.88. The number of halogens is 2. The normalized spacial score (nSPS) is 12.1. The number of hydrogen-bond donors (Lipinski definition) is 1. The van der Waals surface area contributed by atoms with E-state index in [1.165, 1.54) is 5.69 Å². The zero-order chi connectivity index (χ0) is 14.5. The van der Waals surface area contributed by atoms with Gasteiger partial charge in [-0.2, -0.15) is 5.10 Å². The van der Waals surface area contributed by atoms with Crippen molar-refractivity contribution in [1.82, 2.24) is 15.1 Å². The van der Waals surface area contributed by atoms with Crippen molar-refractivity contribution in [3.05, 3.63) is 15.9 Å². The quantitative estimate of drug-likeness (QED) is 0.721. The molecule has 0 saturated carbocycles. The van der Waals surface area contributed by atoms with Crippen molar-refractivity contribution >= 4 is 27.5 Å². The molecule has 0 aliphatic rings. The van der Waals surface area contributed by atoms with Gasteiger partial charge in [-0.25, -0.2) is 0 Å². The van der Waals surface area contributed by atoms with E-state index >= 15 is 0 Å². The van der Waals surface area contributed by atoms with Gasteiger partial charge in [0, 0.05) is 26.0 Å². The van der Waals surface area contributed by atoms with Crippen LogP contribution in [0.25, 0.3) is 0 Å². The maximum Gasteiger partial charge on any atom is 0.0767 e. The van der Waals surface area contributed by atoms with Crippen molar-refractivity contribution in [2.75, 3.05) is 12.4 Å². The Hall–Kier alpha value is -0.0600. The van der Waals surface area contributed by atoms with Gasteiger partial charge >= 0.3 is 0 Å². The zero-order valence-electron chi connectivity index (χ0n) is 12.4. The SMILES string of the molecule is CCc1nn(C)c(CNCC(C)(C)CCCCl)c1Br. The Morgan fingerprint density at radius 2 is 2.11 bits per heavy atom. The second-order valence-electron chi connectivity index (χ2n) is 5.74. The molecule has 3 nitrogen and oxygen atoms in total. The molecule has 0 bridgehead atoms. The van der Waals surface area contributed by atoms with Gasteiger partial charge in [-0.1, -0.05) is 20.8 Å². The zero-order valence-corrected chi connectivity index (χ0v) is 14.7. The van der Waals surface area contributed by atoms with E-state index in [4.69, 9.17) is 11.6 Å². The Morgan fingerprint density at radius 3 is 2.63 bits per heavy atom. The average molecular weight is 351 g/mol. The molecule has 1 N–H and O–H groups in total. The van der Waals surface area contributed by atoms with E-state index < -0.39 is 0 Å². The third kappa shape index (κ3) is 5.09. The third-order valence-corrected chi connectivity index (χ3v) is 4.57. The molecule has 1 rings (SSSR count). The fourth-order valence-electron chi connectivity index (χ4n) is 2.16. The minimum atomic E-state index is 0.285. The molecule has 110 valence electrons. The molecular formula is C14H25BrClN3. The van der Waals surface area contributed by atoms with Crippen molar-refractivity contribution in [2.24, 2.45) is 12.5 Å². The minimum Gasteiger partial charge on any atom is -0.311 e. The first kappa shape index (κ1) is 17.0. The Kier molecular flexibility index (Phi) is 6.84. The Morgan fingerprint density at radius 1 is 1.42 bits per heavy atom. The van der Waals surface area contributed by atoms with E-state index in [1.54, 1.807) is 0 Å². The number of nitrogens with zero attached hydrogens (tertiary/aromatic N) is 2. The van der Waals surface area contributed by atoms with E-state index in [9.17, 15) is 0 Å². The fourth-order valence-corrected chi connectivity index (χ4v) is 3.06. The van der Waals surface area contributed by atoms with Crippen LogP contribution >= 0.6 is 27.5 Å². The first-order valence-corrected chi connectivity index (χ1v) is 8.21. The van der Waals surface area contributed by atoms with E-state index in [1.807, 2.05) is 11.7 Å². The van der Waals surface area contributed by atoms with Crippen LogP contribution in [0.3, 0.4) is 0 Å². The summed E-state index contributed by atoms with van der Waals surface area (Å²) in [4.78, 5) is 0. The summed E-state index contributed by atoms with van der Waals surface area (Å²) in [5.41, 5.74) is 2.62. The molecule has 1 aromatic heterocycles. The Balaban J connectivity index is 2.51. The van der Waals surface area contributed by atoms with Crippen LogP contribution in [0.4, 0.5) is 0 Å². The second kappa shape index (κ2) is 7.65. The summed E-state index contributed by atoms with van der Waals surface area (Å²) in [5, 5.41) is 8.04. The summed E-state index contributed by atoms with van der Waals surface area (Å²) in [6.07, 6.45) is 3.18. The molecule has 5 heteroatoms. The molecule has 1 heterocycles. The van der Waals surface area contributed by atoms with Gasteiger partial charge < -0.3 is 5.32 Å². The highest BCUT2D eigenvalue weighted by molar-refractivity contribution is 9.10. The van der Waals surface area contributed by atoms with Crippen LogP contribution in [0.15, 0.2) is 4.47 Å². The van der Waals surface area contributed by atoms with Gasteiger partial charge in [0.15, 0.2) is 0 Å². The highest BCUT2D eigenvalue weighted by Crippen LogP contribution is 2.23. The summed E-state index contributed by atoms with van der Waals surface area (Å²) in [6.45, 7) is 8.52. The Bertz CT molecular complexity index is 402. The number of alkyl halides is 1. The standard InChI is InChI=1S/C14H25BrClN3/c1-5-11-13(15)12(19(4)18-11)9-17-10-14(2,3)7-6-8-16/h17H,5-10H2,1-4H3. The van der Waals surface area contributed by atoms with Crippen molar-refractivity contribution < 1.29 is 0 Å². The van der Waals surface area contributed by atoms with Crippen molar-refractivity contribution in [3.8, 4) is 0 Å². The first-order valence-electron chi connectivity index (χ1n) is 6.88. The van der Waals surface area contributed by atoms with Gasteiger partial charge in [-0.05, 0) is 40.6 Å². The van der Waals surface area contributed by atoms with E-state index in [2.05, 4.69) is 47.1 Å². The van der Waals surface area contributed by atoms with Gasteiger partial charge in [-0.3, -0.25) is 4.68 Å². The average Bonchev–Trinajstić information content (AvgIpc) is 2.63. The predicted molar refractivity (Wildman–Crippen MR) is 85.7 cm³/mol. The monoisotopic (exact) mass is 349 g/mol. The van der Waals surface area contributed by atoms with Gasteiger partial charge in [0.1, 0.15) is 0 Å². The maximum atomic E-state index is 5.76. The predicted octanol–water partition coefficient (Wildman–Crippen LogP) is 3.88. The Labute approximate surface area is 130 Å². The van der Waals surface area contributed by atoms with Crippen molar-refractivity contribution in [2.45, 2.75) is 46.6 Å². The summed E-state index contributed by atoms with van der Waals surface area (Å²) < 4.78 is 3.10. The lowest BCUT2D eigenvalue weighted by Crippen LogP contribution is -2.29. The summed E-state index contributed by atoms with van der Waals surface area (Å²) in [6, 6.07) is 0. The van der Waals surface area contributed by atoms with Crippen LogP contribution in [0.2, 0.25) is 0 Å². The first-order chi connectivity index (χ1) is 8.91. The molecular weight excluding hydrogens is 326 g/mol. The summed E-state index contributed by atoms with van der Waals surface area (Å²) in [7, 11) is 2.00. The van der Waals surface area contributed by atoms with E-state index in [0.717, 1.165) is 48.4 Å². The van der Waals surface area contributed by atoms with Crippen LogP contribution in [0.1, 0.15) is 45.0 Å². The van der Waals surface area contributed by atoms with E-state index in [0.29, 0.717) is 0 Å². The van der Waals surface area contributed by atoms with Crippen LogP contribution in [-0.2, 0) is 20.0 Å². The maximum absolute atomic E-state index is 5.76. The summed E-state index contributed by atoms with van der Waals surface area (Å²) >= 11 is 9.40. The molecule has 0 atom stereocenters. The van der Waals surface area contributed by atoms with Gasteiger partial charge in [0.2, 0.25) is 0 Å². The molecule has 0 amide bonds. The lowest BCUT2D eigenvalue weighted by molar-refractivity contribution is 0.309. The molecule has 0 unspecified atom stereocenters. The highest BCUT2D eigenvalue weighted by Gasteiger charge is 2.18. The van der Waals surface area contributed by atoms with Crippen LogP contribution in [-0.4, -0.2) is 22.2 Å². The number of aromatic nitrogens is 2. The molecule has 0 aromatic carbocycles. The topological polar surface area (TPSA) is 29.9 Å². The molecule has 19 heavy (non-hydrogen) atoms.